The van der Waals surface area contributed by atoms with E-state index in [1.807, 2.05) is 0 Å². The molecule has 2 rings (SSSR count). The molecule has 3 N–H and O–H groups in total. The van der Waals surface area contributed by atoms with Crippen molar-refractivity contribution < 1.29 is 9.18 Å². The summed E-state index contributed by atoms with van der Waals surface area (Å²) < 4.78 is 14.1. The zero-order valence-electron chi connectivity index (χ0n) is 10.8. The Morgan fingerprint density at radius 2 is 2.14 bits per heavy atom. The largest absolute Gasteiger partial charge is 0.398 e. The van der Waals surface area contributed by atoms with Crippen LogP contribution in [0.15, 0.2) is 41.3 Å². The topological polar surface area (TPSA) is 101 Å². The first-order chi connectivity index (χ1) is 9.99. The summed E-state index contributed by atoms with van der Waals surface area (Å²) in [4.78, 5) is 23.4. The van der Waals surface area contributed by atoms with Crippen molar-refractivity contribution in [3.63, 3.8) is 0 Å². The van der Waals surface area contributed by atoms with E-state index in [9.17, 15) is 14.0 Å². The van der Waals surface area contributed by atoms with Gasteiger partial charge in [-0.2, -0.15) is 5.26 Å². The maximum atomic E-state index is 13.0. The lowest BCUT2D eigenvalue weighted by Gasteiger charge is -2.09. The van der Waals surface area contributed by atoms with Crippen LogP contribution >= 0.6 is 0 Å². The molecule has 21 heavy (non-hydrogen) atoms. The Bertz CT molecular complexity index is 792. The van der Waals surface area contributed by atoms with Crippen molar-refractivity contribution in [3.8, 4) is 6.07 Å². The average Bonchev–Trinajstić information content (AvgIpc) is 2.44. The molecule has 1 aromatic carbocycles. The summed E-state index contributed by atoms with van der Waals surface area (Å²) in [6.45, 7) is -0.258. The molecule has 0 unspecified atom stereocenters. The number of halogens is 1. The fourth-order valence-electron chi connectivity index (χ4n) is 1.74. The van der Waals surface area contributed by atoms with Crippen LogP contribution in [0.2, 0.25) is 0 Å². The van der Waals surface area contributed by atoms with Crippen molar-refractivity contribution >= 4 is 17.3 Å². The Kier molecular flexibility index (Phi) is 4.00. The molecular formula is C14H11FN4O2. The van der Waals surface area contributed by atoms with Gasteiger partial charge in [0.15, 0.2) is 0 Å². The normalized spacial score (nSPS) is 9.90. The molecule has 106 valence electrons. The number of nitrogen functional groups attached to an aromatic ring is 1. The van der Waals surface area contributed by atoms with Gasteiger partial charge in [-0.25, -0.2) is 4.39 Å². The van der Waals surface area contributed by atoms with Crippen molar-refractivity contribution in [1.29, 1.82) is 5.26 Å². The minimum atomic E-state index is -0.573. The zero-order valence-corrected chi connectivity index (χ0v) is 10.8. The summed E-state index contributed by atoms with van der Waals surface area (Å²) in [6.07, 6.45) is 1.35. The monoisotopic (exact) mass is 286 g/mol. The molecular weight excluding hydrogens is 275 g/mol. The van der Waals surface area contributed by atoms with Gasteiger partial charge >= 0.3 is 0 Å². The SMILES string of the molecule is N#Cc1cc(F)ccc1NC(=O)Cn1cc(N)ccc1=O. The highest BCUT2D eigenvalue weighted by Crippen LogP contribution is 2.15. The first-order valence-electron chi connectivity index (χ1n) is 5.95. The van der Waals surface area contributed by atoms with Crippen LogP contribution < -0.4 is 16.6 Å². The number of rotatable bonds is 3. The van der Waals surface area contributed by atoms with Crippen LogP contribution in [0.1, 0.15) is 5.56 Å². The second-order valence-corrected chi connectivity index (χ2v) is 4.28. The number of carbonyl (C=O) groups is 1. The molecule has 1 aromatic heterocycles. The van der Waals surface area contributed by atoms with Gasteiger partial charge in [0, 0.05) is 18.0 Å². The Morgan fingerprint density at radius 1 is 1.38 bits per heavy atom. The highest BCUT2D eigenvalue weighted by Gasteiger charge is 2.09. The van der Waals surface area contributed by atoms with Crippen molar-refractivity contribution in [2.75, 3.05) is 11.1 Å². The summed E-state index contributed by atoms with van der Waals surface area (Å²) in [7, 11) is 0. The molecule has 0 spiro atoms. The van der Waals surface area contributed by atoms with E-state index in [0.717, 1.165) is 16.7 Å². The second-order valence-electron chi connectivity index (χ2n) is 4.28. The van der Waals surface area contributed by atoms with Gasteiger partial charge in [-0.05, 0) is 24.3 Å². The quantitative estimate of drug-likeness (QED) is 0.881. The predicted octanol–water partition coefficient (Wildman–Crippen LogP) is 1.08. The van der Waals surface area contributed by atoms with Crippen LogP contribution in [0.4, 0.5) is 15.8 Å². The number of nitrogens with one attached hydrogen (secondary N) is 1. The van der Waals surface area contributed by atoms with Gasteiger partial charge in [-0.15, -0.1) is 0 Å². The summed E-state index contributed by atoms with van der Waals surface area (Å²) in [6, 6.07) is 7.90. The van der Waals surface area contributed by atoms with Crippen LogP contribution in [-0.2, 0) is 11.3 Å². The van der Waals surface area contributed by atoms with E-state index in [0.29, 0.717) is 5.69 Å². The first-order valence-corrected chi connectivity index (χ1v) is 5.95. The molecule has 0 saturated carbocycles. The molecule has 1 heterocycles. The Morgan fingerprint density at radius 3 is 2.86 bits per heavy atom. The Hall–Kier alpha value is -3.14. The molecule has 0 bridgehead atoms. The lowest BCUT2D eigenvalue weighted by atomic mass is 10.2. The Balaban J connectivity index is 2.18. The molecule has 0 aliphatic rings. The summed E-state index contributed by atoms with van der Waals surface area (Å²) >= 11 is 0. The van der Waals surface area contributed by atoms with E-state index in [1.165, 1.54) is 24.4 Å². The predicted molar refractivity (Wildman–Crippen MR) is 74.9 cm³/mol. The van der Waals surface area contributed by atoms with Crippen LogP contribution in [-0.4, -0.2) is 10.5 Å². The van der Waals surface area contributed by atoms with Crippen LogP contribution in [0.5, 0.6) is 0 Å². The number of pyridine rings is 1. The van der Waals surface area contributed by atoms with Gasteiger partial charge < -0.3 is 15.6 Å². The third-order valence-electron chi connectivity index (χ3n) is 2.70. The van der Waals surface area contributed by atoms with Gasteiger partial charge in [0.05, 0.1) is 11.3 Å². The fourth-order valence-corrected chi connectivity index (χ4v) is 1.74. The van der Waals surface area contributed by atoms with E-state index in [4.69, 9.17) is 11.0 Å². The van der Waals surface area contributed by atoms with Gasteiger partial charge in [-0.1, -0.05) is 0 Å². The number of anilines is 2. The van der Waals surface area contributed by atoms with Crippen molar-refractivity contribution in [1.82, 2.24) is 4.57 Å². The summed E-state index contributed by atoms with van der Waals surface area (Å²) in [5, 5.41) is 11.3. The van der Waals surface area contributed by atoms with E-state index in [-0.39, 0.29) is 23.4 Å². The van der Waals surface area contributed by atoms with Crippen molar-refractivity contribution in [3.05, 3.63) is 58.3 Å². The third kappa shape index (κ3) is 3.45. The number of amides is 1. The molecule has 0 atom stereocenters. The smallest absolute Gasteiger partial charge is 0.251 e. The number of carbonyl (C=O) groups excluding carboxylic acids is 1. The number of nitriles is 1. The third-order valence-corrected chi connectivity index (χ3v) is 2.70. The highest BCUT2D eigenvalue weighted by molar-refractivity contribution is 5.91. The zero-order chi connectivity index (χ0) is 15.4. The molecule has 6 nitrogen and oxygen atoms in total. The fraction of sp³-hybridized carbons (Fsp3) is 0.0714. The van der Waals surface area contributed by atoms with Gasteiger partial charge in [0.1, 0.15) is 18.4 Å². The highest BCUT2D eigenvalue weighted by atomic mass is 19.1. The molecule has 2 aromatic rings. The van der Waals surface area contributed by atoms with Gasteiger partial charge in [0.25, 0.3) is 5.56 Å². The number of nitrogens with zero attached hydrogens (tertiary/aromatic N) is 2. The maximum Gasteiger partial charge on any atom is 0.251 e. The lowest BCUT2D eigenvalue weighted by Crippen LogP contribution is -2.27. The van der Waals surface area contributed by atoms with Crippen molar-refractivity contribution in [2.45, 2.75) is 6.54 Å². The van der Waals surface area contributed by atoms with Crippen LogP contribution in [0, 0.1) is 17.1 Å². The standard InChI is InChI=1S/C14H11FN4O2/c15-10-1-3-12(9(5-10)6-16)18-13(20)8-19-7-11(17)2-4-14(19)21/h1-5,7H,8,17H2,(H,18,20). The minimum absolute atomic E-state index is 0.00303. The molecule has 1 amide bonds. The maximum absolute atomic E-state index is 13.0. The Labute approximate surface area is 119 Å². The average molecular weight is 286 g/mol. The van der Waals surface area contributed by atoms with E-state index in [1.54, 1.807) is 6.07 Å². The van der Waals surface area contributed by atoms with E-state index < -0.39 is 11.7 Å². The van der Waals surface area contributed by atoms with Gasteiger partial charge in [-0.3, -0.25) is 9.59 Å². The van der Waals surface area contributed by atoms with Gasteiger partial charge in [0.2, 0.25) is 5.91 Å². The summed E-state index contributed by atoms with van der Waals surface area (Å²) in [5.74, 6) is -1.09. The first kappa shape index (κ1) is 14.3. The van der Waals surface area contributed by atoms with E-state index >= 15 is 0 Å². The molecule has 0 aliphatic carbocycles. The number of hydrogen-bond donors (Lipinski definition) is 2. The van der Waals surface area contributed by atoms with E-state index in [2.05, 4.69) is 5.32 Å². The lowest BCUT2D eigenvalue weighted by molar-refractivity contribution is -0.116. The molecule has 0 radical (unpaired) electrons. The molecule has 0 fully saturated rings. The second kappa shape index (κ2) is 5.88. The number of hydrogen-bond acceptors (Lipinski definition) is 4. The number of benzene rings is 1. The summed E-state index contributed by atoms with van der Waals surface area (Å²) in [5.41, 5.74) is 5.70. The molecule has 0 saturated heterocycles. The van der Waals surface area contributed by atoms with Crippen molar-refractivity contribution in [2.24, 2.45) is 0 Å². The van der Waals surface area contributed by atoms with Crippen LogP contribution in [0.25, 0.3) is 0 Å². The van der Waals surface area contributed by atoms with Crippen LogP contribution in [0.3, 0.4) is 0 Å². The molecule has 0 aliphatic heterocycles. The number of aromatic nitrogens is 1. The molecule has 7 heteroatoms. The number of nitrogens with two attached hydrogens (primary N) is 1. The minimum Gasteiger partial charge on any atom is -0.398 e.